The summed E-state index contributed by atoms with van der Waals surface area (Å²) in [5.74, 6) is 0.828. The van der Waals surface area contributed by atoms with Gasteiger partial charge in [0.05, 0.1) is 12.0 Å². The standard InChI is InChI=1S/C24H21NO2S/c1-17-8-12-20(13-9-17)25-23(26)22(16-18-10-14-21(27-2)15-11-18)28-24(25)19-6-4-3-5-7-19/h3-16,24H,1-2H3/b22-16-/t24-/m0/s1. The summed E-state index contributed by atoms with van der Waals surface area (Å²) in [6.45, 7) is 2.05. The van der Waals surface area contributed by atoms with Gasteiger partial charge in [-0.2, -0.15) is 0 Å². The van der Waals surface area contributed by atoms with Crippen molar-refractivity contribution in [1.82, 2.24) is 0 Å². The number of aryl methyl sites for hydroxylation is 1. The molecule has 140 valence electrons. The van der Waals surface area contributed by atoms with Crippen LogP contribution in [0.5, 0.6) is 5.75 Å². The van der Waals surface area contributed by atoms with Crippen LogP contribution in [0.25, 0.3) is 6.08 Å². The van der Waals surface area contributed by atoms with E-state index in [9.17, 15) is 4.79 Å². The predicted octanol–water partition coefficient (Wildman–Crippen LogP) is 5.82. The SMILES string of the molecule is COc1ccc(/C=C2\S[C@@H](c3ccccc3)N(c3ccc(C)cc3)C2=O)cc1. The molecule has 4 rings (SSSR count). The van der Waals surface area contributed by atoms with Gasteiger partial charge in [0.2, 0.25) is 0 Å². The van der Waals surface area contributed by atoms with Crippen LogP contribution in [0, 0.1) is 6.92 Å². The maximum atomic E-state index is 13.3. The van der Waals surface area contributed by atoms with Gasteiger partial charge in [-0.25, -0.2) is 0 Å². The molecule has 1 fully saturated rings. The minimum absolute atomic E-state index is 0.0264. The van der Waals surface area contributed by atoms with Crippen LogP contribution in [0.3, 0.4) is 0 Å². The Kier molecular flexibility index (Phi) is 5.22. The number of ether oxygens (including phenoxy) is 1. The Balaban J connectivity index is 1.73. The van der Waals surface area contributed by atoms with E-state index >= 15 is 0 Å². The molecule has 0 saturated carbocycles. The van der Waals surface area contributed by atoms with E-state index in [2.05, 4.69) is 12.1 Å². The average molecular weight is 388 g/mol. The lowest BCUT2D eigenvalue weighted by molar-refractivity contribution is -0.114. The second kappa shape index (κ2) is 7.95. The lowest BCUT2D eigenvalue weighted by Crippen LogP contribution is -2.27. The van der Waals surface area contributed by atoms with Crippen LogP contribution < -0.4 is 9.64 Å². The Morgan fingerprint density at radius 3 is 2.25 bits per heavy atom. The summed E-state index contributed by atoms with van der Waals surface area (Å²) in [4.78, 5) is 15.9. The van der Waals surface area contributed by atoms with Crippen molar-refractivity contribution in [1.29, 1.82) is 0 Å². The molecule has 0 bridgehead atoms. The van der Waals surface area contributed by atoms with Gasteiger partial charge in [0.25, 0.3) is 5.91 Å². The van der Waals surface area contributed by atoms with E-state index < -0.39 is 0 Å². The first kappa shape index (κ1) is 18.4. The highest BCUT2D eigenvalue weighted by Gasteiger charge is 2.38. The van der Waals surface area contributed by atoms with E-state index in [-0.39, 0.29) is 11.3 Å². The van der Waals surface area contributed by atoms with Gasteiger partial charge in [-0.15, -0.1) is 0 Å². The maximum Gasteiger partial charge on any atom is 0.266 e. The molecule has 28 heavy (non-hydrogen) atoms. The molecule has 3 aromatic carbocycles. The van der Waals surface area contributed by atoms with E-state index in [0.29, 0.717) is 0 Å². The van der Waals surface area contributed by atoms with Gasteiger partial charge < -0.3 is 4.74 Å². The normalized spacial score (nSPS) is 17.9. The Bertz CT molecular complexity index is 995. The molecule has 0 aliphatic carbocycles. The molecular formula is C24H21NO2S. The van der Waals surface area contributed by atoms with Crippen LogP contribution in [-0.2, 0) is 4.79 Å². The molecule has 1 amide bonds. The van der Waals surface area contributed by atoms with Gasteiger partial charge in [-0.05, 0) is 48.4 Å². The number of rotatable bonds is 4. The summed E-state index contributed by atoms with van der Waals surface area (Å²) in [7, 11) is 1.65. The first-order valence-corrected chi connectivity index (χ1v) is 10.0. The molecule has 0 aromatic heterocycles. The van der Waals surface area contributed by atoms with Gasteiger partial charge in [0.15, 0.2) is 0 Å². The Labute approximate surface area is 169 Å². The number of benzene rings is 3. The van der Waals surface area contributed by atoms with Crippen molar-refractivity contribution in [3.8, 4) is 5.75 Å². The molecular weight excluding hydrogens is 366 g/mol. The van der Waals surface area contributed by atoms with Gasteiger partial charge in [0.1, 0.15) is 11.1 Å². The van der Waals surface area contributed by atoms with Gasteiger partial charge in [-0.1, -0.05) is 71.9 Å². The number of nitrogens with zero attached hydrogens (tertiary/aromatic N) is 1. The van der Waals surface area contributed by atoms with Crippen molar-refractivity contribution in [3.63, 3.8) is 0 Å². The van der Waals surface area contributed by atoms with Crippen molar-refractivity contribution in [3.05, 3.63) is 100 Å². The third-order valence-corrected chi connectivity index (χ3v) is 5.97. The van der Waals surface area contributed by atoms with Crippen LogP contribution in [-0.4, -0.2) is 13.0 Å². The van der Waals surface area contributed by atoms with Crippen LogP contribution >= 0.6 is 11.8 Å². The summed E-state index contributed by atoms with van der Waals surface area (Å²) in [6, 6.07) is 26.0. The van der Waals surface area contributed by atoms with Crippen LogP contribution in [0.15, 0.2) is 83.8 Å². The number of hydrogen-bond donors (Lipinski definition) is 0. The largest absolute Gasteiger partial charge is 0.497 e. The van der Waals surface area contributed by atoms with E-state index in [4.69, 9.17) is 4.74 Å². The molecule has 3 aromatic rings. The smallest absolute Gasteiger partial charge is 0.266 e. The maximum absolute atomic E-state index is 13.3. The van der Waals surface area contributed by atoms with Crippen LogP contribution in [0.1, 0.15) is 22.1 Å². The van der Waals surface area contributed by atoms with E-state index in [1.807, 2.05) is 84.6 Å². The van der Waals surface area contributed by atoms with Crippen molar-refractivity contribution in [2.45, 2.75) is 12.3 Å². The molecule has 0 spiro atoms. The van der Waals surface area contributed by atoms with Gasteiger partial charge in [-0.3, -0.25) is 9.69 Å². The lowest BCUT2D eigenvalue weighted by Gasteiger charge is -2.23. The molecule has 3 nitrogen and oxygen atoms in total. The second-order valence-corrected chi connectivity index (χ2v) is 7.80. The topological polar surface area (TPSA) is 29.5 Å². The lowest BCUT2D eigenvalue weighted by atomic mass is 10.1. The molecule has 4 heteroatoms. The number of carbonyl (C=O) groups excluding carboxylic acids is 1. The number of anilines is 1. The first-order chi connectivity index (χ1) is 13.7. The minimum Gasteiger partial charge on any atom is -0.497 e. The highest BCUT2D eigenvalue weighted by atomic mass is 32.2. The van der Waals surface area contributed by atoms with Gasteiger partial charge in [0, 0.05) is 5.69 Å². The molecule has 1 heterocycles. The monoisotopic (exact) mass is 387 g/mol. The summed E-state index contributed by atoms with van der Waals surface area (Å²) in [6.07, 6.45) is 1.95. The van der Waals surface area contributed by atoms with E-state index in [1.165, 1.54) is 5.56 Å². The fourth-order valence-electron chi connectivity index (χ4n) is 3.19. The van der Waals surface area contributed by atoms with Crippen LogP contribution in [0.4, 0.5) is 5.69 Å². The Morgan fingerprint density at radius 2 is 1.61 bits per heavy atom. The molecule has 0 N–H and O–H groups in total. The minimum atomic E-state index is -0.0825. The van der Waals surface area contributed by atoms with Crippen molar-refractivity contribution >= 4 is 29.4 Å². The highest BCUT2D eigenvalue weighted by Crippen LogP contribution is 2.48. The third kappa shape index (κ3) is 3.69. The number of carbonyl (C=O) groups is 1. The highest BCUT2D eigenvalue weighted by molar-refractivity contribution is 8.05. The van der Waals surface area contributed by atoms with Crippen molar-refractivity contribution in [2.75, 3.05) is 12.0 Å². The fraction of sp³-hybridized carbons (Fsp3) is 0.125. The molecule has 1 aliphatic heterocycles. The molecule has 1 aliphatic rings. The second-order valence-electron chi connectivity index (χ2n) is 6.67. The third-order valence-electron chi connectivity index (χ3n) is 4.71. The molecule has 1 saturated heterocycles. The van der Waals surface area contributed by atoms with Crippen molar-refractivity contribution in [2.24, 2.45) is 0 Å². The Morgan fingerprint density at radius 1 is 0.929 bits per heavy atom. The molecule has 0 radical (unpaired) electrons. The average Bonchev–Trinajstić information content (AvgIpc) is 3.06. The van der Waals surface area contributed by atoms with Crippen molar-refractivity contribution < 1.29 is 9.53 Å². The Hall–Kier alpha value is -2.98. The van der Waals surface area contributed by atoms with E-state index in [0.717, 1.165) is 27.5 Å². The number of hydrogen-bond acceptors (Lipinski definition) is 3. The molecule has 1 atom stereocenters. The summed E-state index contributed by atoms with van der Waals surface area (Å²) in [5, 5.41) is -0.0825. The summed E-state index contributed by atoms with van der Waals surface area (Å²) < 4.78 is 5.22. The zero-order chi connectivity index (χ0) is 19.5. The zero-order valence-electron chi connectivity index (χ0n) is 15.8. The number of amides is 1. The summed E-state index contributed by atoms with van der Waals surface area (Å²) >= 11 is 1.59. The number of methoxy groups -OCH3 is 1. The van der Waals surface area contributed by atoms with E-state index in [1.54, 1.807) is 18.9 Å². The van der Waals surface area contributed by atoms with Gasteiger partial charge >= 0.3 is 0 Å². The fourth-order valence-corrected chi connectivity index (χ4v) is 4.45. The molecule has 0 unspecified atom stereocenters. The van der Waals surface area contributed by atoms with Crippen LogP contribution in [0.2, 0.25) is 0 Å². The first-order valence-electron chi connectivity index (χ1n) is 9.13. The quantitative estimate of drug-likeness (QED) is 0.528. The predicted molar refractivity (Wildman–Crippen MR) is 116 cm³/mol. The summed E-state index contributed by atoms with van der Waals surface area (Å²) in [5.41, 5.74) is 4.18. The number of thioether (sulfide) groups is 1. The zero-order valence-corrected chi connectivity index (χ0v) is 16.6.